The van der Waals surface area contributed by atoms with Crippen molar-refractivity contribution in [2.75, 3.05) is 0 Å². The first-order valence-corrected chi connectivity index (χ1v) is 6.52. The summed E-state index contributed by atoms with van der Waals surface area (Å²) in [6.45, 7) is 2.11. The van der Waals surface area contributed by atoms with Crippen LogP contribution in [0.3, 0.4) is 0 Å². The third-order valence-electron chi connectivity index (χ3n) is 3.17. The standard InChI is InChI=1S/C16H17NO3/c1-13(20-12-14-8-4-2-5-9-14)16(17(18)19)15-10-6-3-7-11-15/h2-11,13,16H,12H2,1H3/t13-,16+/m0/s1. The Morgan fingerprint density at radius 1 is 1.05 bits per heavy atom. The van der Waals surface area contributed by atoms with Gasteiger partial charge in [-0.3, -0.25) is 10.1 Å². The van der Waals surface area contributed by atoms with Gasteiger partial charge in [0.25, 0.3) is 6.04 Å². The Morgan fingerprint density at radius 2 is 1.60 bits per heavy atom. The molecule has 2 aromatic rings. The van der Waals surface area contributed by atoms with Crippen molar-refractivity contribution < 1.29 is 9.66 Å². The molecule has 0 saturated heterocycles. The van der Waals surface area contributed by atoms with Gasteiger partial charge in [0.2, 0.25) is 0 Å². The van der Waals surface area contributed by atoms with Gasteiger partial charge in [-0.2, -0.15) is 0 Å². The molecule has 0 unspecified atom stereocenters. The summed E-state index contributed by atoms with van der Waals surface area (Å²) in [5.41, 5.74) is 1.67. The molecular weight excluding hydrogens is 254 g/mol. The minimum Gasteiger partial charge on any atom is -0.366 e. The Morgan fingerprint density at radius 3 is 2.15 bits per heavy atom. The Kier molecular flexibility index (Phi) is 4.85. The molecule has 2 aromatic carbocycles. The molecule has 0 amide bonds. The van der Waals surface area contributed by atoms with Crippen molar-refractivity contribution in [3.63, 3.8) is 0 Å². The Labute approximate surface area is 118 Å². The van der Waals surface area contributed by atoms with Gasteiger partial charge in [0.1, 0.15) is 6.10 Å². The van der Waals surface area contributed by atoms with Crippen LogP contribution in [0.15, 0.2) is 60.7 Å². The molecule has 0 radical (unpaired) electrons. The molecule has 0 aliphatic rings. The third-order valence-corrected chi connectivity index (χ3v) is 3.17. The number of ether oxygens (including phenoxy) is 1. The second-order valence-corrected chi connectivity index (χ2v) is 4.64. The molecule has 0 saturated carbocycles. The number of nitro groups is 1. The lowest BCUT2D eigenvalue weighted by Crippen LogP contribution is -2.25. The highest BCUT2D eigenvalue weighted by atomic mass is 16.6. The quantitative estimate of drug-likeness (QED) is 0.595. The lowest BCUT2D eigenvalue weighted by atomic mass is 10.0. The van der Waals surface area contributed by atoms with Crippen LogP contribution in [0.2, 0.25) is 0 Å². The zero-order chi connectivity index (χ0) is 14.4. The van der Waals surface area contributed by atoms with Crippen molar-refractivity contribution in [3.8, 4) is 0 Å². The molecule has 0 spiro atoms. The van der Waals surface area contributed by atoms with E-state index in [1.807, 2.05) is 36.4 Å². The van der Waals surface area contributed by atoms with Gasteiger partial charge < -0.3 is 4.74 Å². The SMILES string of the molecule is C[C@H](OCc1ccccc1)[C@H](c1ccccc1)[N+](=O)[O-]. The van der Waals surface area contributed by atoms with Crippen LogP contribution in [0, 0.1) is 10.1 Å². The molecule has 4 heteroatoms. The van der Waals surface area contributed by atoms with Crippen LogP contribution in [0.5, 0.6) is 0 Å². The molecule has 0 aliphatic carbocycles. The van der Waals surface area contributed by atoms with E-state index in [-0.39, 0.29) is 4.92 Å². The van der Waals surface area contributed by atoms with Crippen LogP contribution in [-0.2, 0) is 11.3 Å². The minimum atomic E-state index is -0.847. The second-order valence-electron chi connectivity index (χ2n) is 4.64. The molecule has 4 nitrogen and oxygen atoms in total. The first kappa shape index (κ1) is 14.2. The van der Waals surface area contributed by atoms with Crippen molar-refractivity contribution in [2.45, 2.75) is 25.7 Å². The predicted molar refractivity (Wildman–Crippen MR) is 76.9 cm³/mol. The van der Waals surface area contributed by atoms with E-state index in [0.29, 0.717) is 12.2 Å². The Balaban J connectivity index is 2.05. The van der Waals surface area contributed by atoms with E-state index in [0.717, 1.165) is 5.56 Å². The maximum atomic E-state index is 11.3. The zero-order valence-corrected chi connectivity index (χ0v) is 11.3. The third kappa shape index (κ3) is 3.65. The molecule has 0 bridgehead atoms. The summed E-state index contributed by atoms with van der Waals surface area (Å²) in [5.74, 6) is 0. The van der Waals surface area contributed by atoms with Crippen LogP contribution in [0.4, 0.5) is 0 Å². The fourth-order valence-electron chi connectivity index (χ4n) is 2.11. The average Bonchev–Trinajstić information content (AvgIpc) is 2.47. The van der Waals surface area contributed by atoms with Crippen LogP contribution < -0.4 is 0 Å². The van der Waals surface area contributed by atoms with E-state index in [1.165, 1.54) is 0 Å². The van der Waals surface area contributed by atoms with E-state index >= 15 is 0 Å². The maximum Gasteiger partial charge on any atom is 0.263 e. The van der Waals surface area contributed by atoms with Crippen molar-refractivity contribution in [3.05, 3.63) is 81.9 Å². The van der Waals surface area contributed by atoms with Gasteiger partial charge in [-0.05, 0) is 12.5 Å². The topological polar surface area (TPSA) is 52.4 Å². The second kappa shape index (κ2) is 6.82. The molecule has 0 fully saturated rings. The summed E-state index contributed by atoms with van der Waals surface area (Å²) in [5, 5.41) is 11.3. The molecule has 0 aliphatic heterocycles. The van der Waals surface area contributed by atoms with Gasteiger partial charge in [-0.1, -0.05) is 60.7 Å². The molecule has 104 valence electrons. The Hall–Kier alpha value is -2.20. The molecule has 20 heavy (non-hydrogen) atoms. The minimum absolute atomic E-state index is 0.287. The number of nitrogens with zero attached hydrogens (tertiary/aromatic N) is 1. The van der Waals surface area contributed by atoms with Crippen molar-refractivity contribution in [1.82, 2.24) is 0 Å². The van der Waals surface area contributed by atoms with Crippen LogP contribution in [-0.4, -0.2) is 11.0 Å². The number of hydrogen-bond acceptors (Lipinski definition) is 3. The lowest BCUT2D eigenvalue weighted by Gasteiger charge is -2.18. The number of rotatable bonds is 6. The fraction of sp³-hybridized carbons (Fsp3) is 0.250. The van der Waals surface area contributed by atoms with Crippen molar-refractivity contribution >= 4 is 0 Å². The van der Waals surface area contributed by atoms with Gasteiger partial charge in [-0.25, -0.2) is 0 Å². The summed E-state index contributed by atoms with van der Waals surface area (Å²) in [4.78, 5) is 11.0. The largest absolute Gasteiger partial charge is 0.366 e. The van der Waals surface area contributed by atoms with Gasteiger partial charge >= 0.3 is 0 Å². The van der Waals surface area contributed by atoms with Crippen LogP contribution >= 0.6 is 0 Å². The molecule has 0 N–H and O–H groups in total. The van der Waals surface area contributed by atoms with E-state index in [1.54, 1.807) is 31.2 Å². The van der Waals surface area contributed by atoms with Crippen molar-refractivity contribution in [1.29, 1.82) is 0 Å². The Bertz CT molecular complexity index is 542. The normalized spacial score (nSPS) is 13.7. The average molecular weight is 271 g/mol. The summed E-state index contributed by atoms with van der Waals surface area (Å²) in [6, 6.07) is 17.8. The van der Waals surface area contributed by atoms with Crippen LogP contribution in [0.1, 0.15) is 24.1 Å². The molecule has 2 atom stereocenters. The van der Waals surface area contributed by atoms with Crippen LogP contribution in [0.25, 0.3) is 0 Å². The smallest absolute Gasteiger partial charge is 0.263 e. The van der Waals surface area contributed by atoms with Gasteiger partial charge in [0, 0.05) is 10.5 Å². The summed E-state index contributed by atoms with van der Waals surface area (Å²) in [6.07, 6.45) is -0.493. The summed E-state index contributed by atoms with van der Waals surface area (Å²) >= 11 is 0. The van der Waals surface area contributed by atoms with Gasteiger partial charge in [-0.15, -0.1) is 0 Å². The maximum absolute atomic E-state index is 11.3. The first-order valence-electron chi connectivity index (χ1n) is 6.52. The first-order chi connectivity index (χ1) is 9.68. The van der Waals surface area contributed by atoms with E-state index in [9.17, 15) is 10.1 Å². The monoisotopic (exact) mass is 271 g/mol. The summed E-state index contributed by atoms with van der Waals surface area (Å²) < 4.78 is 5.66. The fourth-order valence-corrected chi connectivity index (χ4v) is 2.11. The van der Waals surface area contributed by atoms with E-state index in [4.69, 9.17) is 4.74 Å². The molecule has 2 rings (SSSR count). The van der Waals surface area contributed by atoms with E-state index in [2.05, 4.69) is 0 Å². The highest BCUT2D eigenvalue weighted by Crippen LogP contribution is 2.23. The zero-order valence-electron chi connectivity index (χ0n) is 11.3. The highest BCUT2D eigenvalue weighted by molar-refractivity contribution is 5.18. The van der Waals surface area contributed by atoms with Gasteiger partial charge in [0.15, 0.2) is 0 Å². The predicted octanol–water partition coefficient (Wildman–Crippen LogP) is 3.61. The number of hydrogen-bond donors (Lipinski definition) is 0. The highest BCUT2D eigenvalue weighted by Gasteiger charge is 2.30. The molecular formula is C16H17NO3. The molecule has 0 aromatic heterocycles. The van der Waals surface area contributed by atoms with E-state index < -0.39 is 12.1 Å². The summed E-state index contributed by atoms with van der Waals surface area (Å²) in [7, 11) is 0. The van der Waals surface area contributed by atoms with Gasteiger partial charge in [0.05, 0.1) is 6.61 Å². The molecule has 0 heterocycles. The lowest BCUT2D eigenvalue weighted by molar-refractivity contribution is -0.541. The van der Waals surface area contributed by atoms with Crippen molar-refractivity contribution in [2.24, 2.45) is 0 Å². The number of benzene rings is 2.